The lowest BCUT2D eigenvalue weighted by atomic mass is 9.90. The molecule has 3 aliphatic carbocycles. The molecule has 1 nitrogen and oxygen atoms in total. The lowest BCUT2D eigenvalue weighted by Gasteiger charge is -2.14. The van der Waals surface area contributed by atoms with Gasteiger partial charge in [-0.2, -0.15) is 0 Å². The second-order valence-corrected chi connectivity index (χ2v) is 5.32. The number of hydrogen-bond acceptors (Lipinski definition) is 1. The molecule has 3 aliphatic rings. The van der Waals surface area contributed by atoms with Crippen molar-refractivity contribution in [1.82, 2.24) is 0 Å². The van der Waals surface area contributed by atoms with Gasteiger partial charge in [0, 0.05) is 6.42 Å². The van der Waals surface area contributed by atoms with E-state index in [-0.39, 0.29) is 5.78 Å². The van der Waals surface area contributed by atoms with Gasteiger partial charge in [0.15, 0.2) is 5.78 Å². The largest absolute Gasteiger partial charge is 0.294 e. The molecule has 2 unspecified atom stereocenters. The number of fused-ring (bicyclic) bond motifs is 5. The average molecular weight is 222 g/mol. The first kappa shape index (κ1) is 9.41. The molecule has 0 aliphatic heterocycles. The van der Waals surface area contributed by atoms with Crippen LogP contribution in [-0.4, -0.2) is 5.78 Å². The van der Waals surface area contributed by atoms with E-state index < -0.39 is 0 Å². The van der Waals surface area contributed by atoms with Crippen molar-refractivity contribution in [3.63, 3.8) is 0 Å². The highest BCUT2D eigenvalue weighted by atomic mass is 16.1. The predicted octanol–water partition coefficient (Wildman–Crippen LogP) is 3.17. The van der Waals surface area contributed by atoms with Gasteiger partial charge < -0.3 is 0 Å². The van der Waals surface area contributed by atoms with Crippen molar-refractivity contribution >= 4 is 5.78 Å². The minimum Gasteiger partial charge on any atom is -0.294 e. The van der Waals surface area contributed by atoms with E-state index in [1.807, 2.05) is 6.08 Å². The van der Waals surface area contributed by atoms with E-state index in [9.17, 15) is 4.79 Å². The van der Waals surface area contributed by atoms with Crippen LogP contribution < -0.4 is 0 Å². The third kappa shape index (κ3) is 1.35. The van der Waals surface area contributed by atoms with Crippen LogP contribution in [0.4, 0.5) is 0 Å². The molecule has 0 spiro atoms. The highest BCUT2D eigenvalue weighted by Gasteiger charge is 2.45. The van der Waals surface area contributed by atoms with E-state index in [1.165, 1.54) is 28.7 Å². The maximum atomic E-state index is 11.5. The summed E-state index contributed by atoms with van der Waals surface area (Å²) in [6, 6.07) is 8.72. The summed E-state index contributed by atoms with van der Waals surface area (Å²) in [6.45, 7) is 0. The molecule has 0 aromatic heterocycles. The van der Waals surface area contributed by atoms with Gasteiger partial charge in [-0.25, -0.2) is 0 Å². The summed E-state index contributed by atoms with van der Waals surface area (Å²) in [5.41, 5.74) is 5.68. The minimum atomic E-state index is 0.264. The van der Waals surface area contributed by atoms with E-state index in [0.29, 0.717) is 12.3 Å². The van der Waals surface area contributed by atoms with Gasteiger partial charge in [0.05, 0.1) is 0 Å². The number of hydrogen-bond donors (Lipinski definition) is 0. The van der Waals surface area contributed by atoms with Crippen LogP contribution in [0.5, 0.6) is 0 Å². The highest BCUT2D eigenvalue weighted by molar-refractivity contribution is 5.94. The number of rotatable bonds is 0. The summed E-state index contributed by atoms with van der Waals surface area (Å²) >= 11 is 0. The van der Waals surface area contributed by atoms with Crippen molar-refractivity contribution in [2.24, 2.45) is 5.92 Å². The summed E-state index contributed by atoms with van der Waals surface area (Å²) in [5, 5.41) is 0. The maximum absolute atomic E-state index is 11.5. The molecule has 17 heavy (non-hydrogen) atoms. The Labute approximate surface area is 101 Å². The van der Waals surface area contributed by atoms with Gasteiger partial charge in [-0.1, -0.05) is 30.3 Å². The molecule has 1 heteroatoms. The Morgan fingerprint density at radius 2 is 2.00 bits per heavy atom. The van der Waals surface area contributed by atoms with Gasteiger partial charge in [-0.15, -0.1) is 0 Å². The Kier molecular flexibility index (Phi) is 1.77. The van der Waals surface area contributed by atoms with E-state index in [1.54, 1.807) is 0 Å². The quantitative estimate of drug-likeness (QED) is 0.659. The van der Waals surface area contributed by atoms with Crippen molar-refractivity contribution < 1.29 is 4.79 Å². The van der Waals surface area contributed by atoms with E-state index in [0.717, 1.165) is 12.3 Å². The van der Waals surface area contributed by atoms with Crippen LogP contribution in [0, 0.1) is 5.92 Å². The third-order valence-corrected chi connectivity index (χ3v) is 4.25. The van der Waals surface area contributed by atoms with Crippen molar-refractivity contribution in [2.45, 2.75) is 25.2 Å². The zero-order valence-electron chi connectivity index (χ0n) is 9.65. The lowest BCUT2D eigenvalue weighted by molar-refractivity contribution is -0.114. The molecule has 4 rings (SSSR count). The van der Waals surface area contributed by atoms with Crippen LogP contribution in [0.1, 0.15) is 29.9 Å². The molecule has 2 atom stereocenters. The maximum Gasteiger partial charge on any atom is 0.159 e. The summed E-state index contributed by atoms with van der Waals surface area (Å²) in [4.78, 5) is 11.5. The molecule has 1 aromatic rings. The Morgan fingerprint density at radius 3 is 2.94 bits per heavy atom. The number of carbonyl (C=O) groups excluding carboxylic acids is 1. The summed E-state index contributed by atoms with van der Waals surface area (Å²) in [7, 11) is 0. The van der Waals surface area contributed by atoms with Gasteiger partial charge in [-0.3, -0.25) is 4.79 Å². The molecule has 0 heterocycles. The van der Waals surface area contributed by atoms with E-state index in [4.69, 9.17) is 0 Å². The Bertz CT molecular complexity index is 577. The third-order valence-electron chi connectivity index (χ3n) is 4.25. The van der Waals surface area contributed by atoms with Gasteiger partial charge in [-0.05, 0) is 53.0 Å². The SMILES string of the molecule is O=C1C=C2Cc3ccccc3C3CC3C2=CC1. The first-order valence-electron chi connectivity index (χ1n) is 6.34. The molecular weight excluding hydrogens is 208 g/mol. The molecule has 0 saturated heterocycles. The van der Waals surface area contributed by atoms with Crippen LogP contribution >= 0.6 is 0 Å². The molecule has 0 bridgehead atoms. The average Bonchev–Trinajstić information content (AvgIpc) is 3.09. The first-order valence-corrected chi connectivity index (χ1v) is 6.34. The van der Waals surface area contributed by atoms with Crippen LogP contribution in [0.3, 0.4) is 0 Å². The Morgan fingerprint density at radius 1 is 1.12 bits per heavy atom. The Hall–Kier alpha value is -1.63. The number of benzene rings is 1. The minimum absolute atomic E-state index is 0.264. The Balaban J connectivity index is 1.87. The summed E-state index contributed by atoms with van der Waals surface area (Å²) in [5.74, 6) is 1.68. The van der Waals surface area contributed by atoms with Gasteiger partial charge in [0.1, 0.15) is 0 Å². The molecule has 1 aromatic carbocycles. The van der Waals surface area contributed by atoms with Crippen LogP contribution in [-0.2, 0) is 11.2 Å². The highest BCUT2D eigenvalue weighted by Crippen LogP contribution is 2.57. The fraction of sp³-hybridized carbons (Fsp3) is 0.312. The predicted molar refractivity (Wildman–Crippen MR) is 66.8 cm³/mol. The van der Waals surface area contributed by atoms with Crippen LogP contribution in [0.2, 0.25) is 0 Å². The molecule has 84 valence electrons. The first-order chi connectivity index (χ1) is 8.33. The van der Waals surface area contributed by atoms with Crippen molar-refractivity contribution in [2.75, 3.05) is 0 Å². The zero-order valence-corrected chi connectivity index (χ0v) is 9.65. The van der Waals surface area contributed by atoms with Crippen LogP contribution in [0.25, 0.3) is 0 Å². The van der Waals surface area contributed by atoms with Gasteiger partial charge >= 0.3 is 0 Å². The second kappa shape index (κ2) is 3.19. The number of allylic oxidation sites excluding steroid dienone is 4. The van der Waals surface area contributed by atoms with Crippen LogP contribution in [0.15, 0.2) is 47.6 Å². The smallest absolute Gasteiger partial charge is 0.159 e. The molecule has 1 saturated carbocycles. The number of ketones is 1. The van der Waals surface area contributed by atoms with E-state index >= 15 is 0 Å². The van der Waals surface area contributed by atoms with Crippen molar-refractivity contribution in [3.8, 4) is 0 Å². The van der Waals surface area contributed by atoms with Crippen molar-refractivity contribution in [1.29, 1.82) is 0 Å². The molecule has 1 fully saturated rings. The van der Waals surface area contributed by atoms with Crippen molar-refractivity contribution in [3.05, 3.63) is 58.7 Å². The topological polar surface area (TPSA) is 17.1 Å². The second-order valence-electron chi connectivity index (χ2n) is 5.32. The number of carbonyl (C=O) groups is 1. The standard InChI is InChI=1S/C16H14O/c17-12-5-6-14-11(8-12)7-10-3-1-2-4-13(10)15-9-16(14)15/h1-4,6,8,15-16H,5,7,9H2. The fourth-order valence-corrected chi connectivity index (χ4v) is 3.37. The lowest BCUT2D eigenvalue weighted by Crippen LogP contribution is -2.06. The van der Waals surface area contributed by atoms with Gasteiger partial charge in [0.2, 0.25) is 0 Å². The molecule has 0 amide bonds. The van der Waals surface area contributed by atoms with E-state index in [2.05, 4.69) is 30.3 Å². The van der Waals surface area contributed by atoms with Gasteiger partial charge in [0.25, 0.3) is 0 Å². The summed E-state index contributed by atoms with van der Waals surface area (Å²) in [6.07, 6.45) is 6.88. The molecule has 0 radical (unpaired) electrons. The zero-order chi connectivity index (χ0) is 11.4. The monoisotopic (exact) mass is 222 g/mol. The summed E-state index contributed by atoms with van der Waals surface area (Å²) < 4.78 is 0. The molecular formula is C16H14O. The fourth-order valence-electron chi connectivity index (χ4n) is 3.37. The normalized spacial score (nSPS) is 29.3. The molecule has 0 N–H and O–H groups in total.